The van der Waals surface area contributed by atoms with Crippen molar-refractivity contribution >= 4 is 45.6 Å². The van der Waals surface area contributed by atoms with E-state index in [9.17, 15) is 54.9 Å². The maximum atomic E-state index is 13.0. The summed E-state index contributed by atoms with van der Waals surface area (Å²) < 4.78 is 17.5. The fourth-order valence-electron chi connectivity index (χ4n) is 8.91. The molecule has 16 heteroatoms. The van der Waals surface area contributed by atoms with Crippen LogP contribution in [0, 0.1) is 0 Å². The van der Waals surface area contributed by atoms with E-state index in [4.69, 9.17) is 14.2 Å². The minimum Gasteiger partial charge on any atom is -0.507 e. The number of ether oxygens (including phenoxy) is 3. The highest BCUT2D eigenvalue weighted by Crippen LogP contribution is 2.56. The number of carbonyl (C=O) groups is 4. The number of nitrogens with one attached hydrogen (secondary N) is 2. The smallest absolute Gasteiger partial charge is 0.407 e. The van der Waals surface area contributed by atoms with Gasteiger partial charge in [-0.2, -0.15) is 0 Å². The lowest BCUT2D eigenvalue weighted by atomic mass is 9.74. The van der Waals surface area contributed by atoms with Crippen molar-refractivity contribution in [3.05, 3.63) is 59.2 Å². The first-order chi connectivity index (χ1) is 31.8. The summed E-state index contributed by atoms with van der Waals surface area (Å²) in [7, 11) is 0. The number of Topliss-reactive ketones (excluding diaryl/α,β-unsaturated/α-hetero) is 1. The summed E-state index contributed by atoms with van der Waals surface area (Å²) in [6, 6.07) is 3.32. The van der Waals surface area contributed by atoms with Crippen LogP contribution in [0.4, 0.5) is 4.79 Å². The number of aliphatic hydroxyl groups excluding tert-OH is 2. The minimum atomic E-state index is -2.33. The quantitative estimate of drug-likeness (QED) is 0.0134. The summed E-state index contributed by atoms with van der Waals surface area (Å²) in [5, 5.41) is 83.1. The third-order valence-electron chi connectivity index (χ3n) is 12.6. The molecule has 5 rings (SSSR count). The number of alkyl carbamates (subject to hydrolysis) is 1. The summed E-state index contributed by atoms with van der Waals surface area (Å²) in [6.07, 6.45) is 16.4. The molecule has 0 saturated carbocycles. The van der Waals surface area contributed by atoms with Gasteiger partial charge in [-0.1, -0.05) is 88.0 Å². The number of ketones is 1. The van der Waals surface area contributed by atoms with Gasteiger partial charge >= 0.3 is 6.09 Å². The number of amides is 2. The number of fused-ring (bicyclic) bond motifs is 3. The van der Waals surface area contributed by atoms with Gasteiger partial charge in [0.25, 0.3) is 0 Å². The van der Waals surface area contributed by atoms with Gasteiger partial charge in [-0.15, -0.1) is 0 Å². The van der Waals surface area contributed by atoms with Crippen LogP contribution in [0.25, 0.3) is 21.5 Å². The molecule has 6 atom stereocenters. The number of phenolic OH excluding ortho intramolecular Hbond substituents is 4. The van der Waals surface area contributed by atoms with Gasteiger partial charge in [0.05, 0.1) is 35.6 Å². The molecule has 0 aromatic heterocycles. The van der Waals surface area contributed by atoms with Gasteiger partial charge in [-0.05, 0) is 51.9 Å². The Morgan fingerprint density at radius 2 is 1.55 bits per heavy atom. The molecule has 9 N–H and O–H groups in total. The number of aldehydes is 1. The molecule has 0 unspecified atom stereocenters. The Balaban J connectivity index is 1.10. The lowest BCUT2D eigenvalue weighted by Crippen LogP contribution is -2.55. The Kier molecular flexibility index (Phi) is 19.6. The molecule has 0 bridgehead atoms. The Morgan fingerprint density at radius 3 is 2.24 bits per heavy atom. The molecule has 1 heterocycles. The van der Waals surface area contributed by atoms with Gasteiger partial charge in [0, 0.05) is 59.7 Å². The highest BCUT2D eigenvalue weighted by atomic mass is 16.7. The average Bonchev–Trinajstić information content (AvgIpc) is 3.30. The Morgan fingerprint density at radius 1 is 0.864 bits per heavy atom. The highest BCUT2D eigenvalue weighted by molar-refractivity contribution is 6.18. The molecular weight excluding hydrogens is 853 g/mol. The van der Waals surface area contributed by atoms with Gasteiger partial charge in [0.1, 0.15) is 41.3 Å². The van der Waals surface area contributed by atoms with Crippen molar-refractivity contribution in [1.29, 1.82) is 0 Å². The van der Waals surface area contributed by atoms with Gasteiger partial charge in [-0.25, -0.2) is 4.79 Å². The summed E-state index contributed by atoms with van der Waals surface area (Å²) in [5.41, 5.74) is -2.73. The van der Waals surface area contributed by atoms with Crippen molar-refractivity contribution in [3.63, 3.8) is 0 Å². The van der Waals surface area contributed by atoms with Crippen LogP contribution in [-0.2, 0) is 30.2 Å². The number of allylic oxidation sites excluding steroid dienone is 4. The molecule has 66 heavy (non-hydrogen) atoms. The summed E-state index contributed by atoms with van der Waals surface area (Å²) >= 11 is 0. The van der Waals surface area contributed by atoms with Crippen molar-refractivity contribution in [1.82, 2.24) is 10.6 Å². The predicted octanol–water partition coefficient (Wildman–Crippen LogP) is 7.22. The van der Waals surface area contributed by atoms with Crippen molar-refractivity contribution in [2.24, 2.45) is 0 Å². The summed E-state index contributed by atoms with van der Waals surface area (Å²) in [6.45, 7) is 3.16. The highest BCUT2D eigenvalue weighted by Gasteiger charge is 2.48. The van der Waals surface area contributed by atoms with E-state index in [2.05, 4.69) is 41.9 Å². The van der Waals surface area contributed by atoms with Gasteiger partial charge in [0.2, 0.25) is 5.91 Å². The van der Waals surface area contributed by atoms with Crippen LogP contribution < -0.4 is 10.6 Å². The molecule has 1 fully saturated rings. The van der Waals surface area contributed by atoms with Crippen LogP contribution in [0.3, 0.4) is 0 Å². The molecule has 3 aromatic carbocycles. The molecular formula is C50H68N2O14. The summed E-state index contributed by atoms with van der Waals surface area (Å²) in [5.74, 6) is -4.06. The van der Waals surface area contributed by atoms with Crippen LogP contribution >= 0.6 is 0 Å². The fraction of sp³-hybridized carbons (Fsp3) is 0.560. The van der Waals surface area contributed by atoms with Crippen LogP contribution in [0.15, 0.2) is 42.5 Å². The van der Waals surface area contributed by atoms with E-state index in [0.29, 0.717) is 12.9 Å². The van der Waals surface area contributed by atoms with E-state index >= 15 is 0 Å². The van der Waals surface area contributed by atoms with Gasteiger partial charge < -0.3 is 60.6 Å². The normalized spacial score (nSPS) is 21.9. The lowest BCUT2D eigenvalue weighted by molar-refractivity contribution is -0.249. The molecule has 1 saturated heterocycles. The maximum Gasteiger partial charge on any atom is 0.407 e. The number of phenols is 4. The average molecular weight is 921 g/mol. The summed E-state index contributed by atoms with van der Waals surface area (Å²) in [4.78, 5) is 50.1. The third-order valence-corrected chi connectivity index (χ3v) is 12.6. The van der Waals surface area contributed by atoms with Crippen LogP contribution in [0.1, 0.15) is 144 Å². The van der Waals surface area contributed by atoms with Crippen LogP contribution in [0.2, 0.25) is 0 Å². The van der Waals surface area contributed by atoms with E-state index < -0.39 is 107 Å². The second-order valence-corrected chi connectivity index (χ2v) is 17.5. The molecule has 0 radical (unpaired) electrons. The zero-order valence-corrected chi connectivity index (χ0v) is 38.1. The molecule has 0 spiro atoms. The van der Waals surface area contributed by atoms with Gasteiger partial charge in [0.15, 0.2) is 18.4 Å². The number of unbranched alkanes of at least 4 members (excludes halogenated alkanes) is 9. The molecule has 3 aromatic rings. The van der Waals surface area contributed by atoms with E-state index in [0.717, 1.165) is 38.5 Å². The Bertz CT molecular complexity index is 2210. The van der Waals surface area contributed by atoms with Crippen molar-refractivity contribution < 1.29 is 69.1 Å². The topological polar surface area (TPSA) is 262 Å². The monoisotopic (exact) mass is 920 g/mol. The molecule has 1 aliphatic carbocycles. The van der Waals surface area contributed by atoms with E-state index in [1.165, 1.54) is 56.7 Å². The van der Waals surface area contributed by atoms with Gasteiger partial charge in [-0.3, -0.25) is 14.4 Å². The first-order valence-corrected chi connectivity index (χ1v) is 23.4. The fourth-order valence-corrected chi connectivity index (χ4v) is 8.91. The number of carbonyl (C=O) groups excluding carboxylic acids is 4. The molecule has 2 amide bonds. The number of hydrogen-bond acceptors (Lipinski definition) is 14. The Hall–Kier alpha value is -5.26. The molecule has 2 aliphatic rings. The SMILES string of the molecule is CCCCCC=CCC=CCCCCCCCCOC(=O)NCCCC(=O)N[C@H]1C[C@H](O[C@H]2C[C@](O)(C(=O)CO)Cc3c2c(O)c2c(O)c4c(C=O)cccc4c(O)c2c3O)O[C@@H](C)[C@H]1O. The standard InChI is InChI=1S/C50H68N2O14/c1-3-4-5-6-7-8-9-10-11-12-13-14-15-16-17-18-25-64-49(62)51-24-20-23-38(56)52-35-26-39(65-31(2)44(35)57)66-36-28-50(63,37(55)30-54)27-34-41(36)48(61)43-42(46(34)59)45(58)33-22-19-21-32(29-53)40(33)47(43)60/h7-8,10-11,19,21-22,29,31,35-36,39,44,54,57-61,63H,3-6,9,12-18,20,23-28,30H2,1-2H3,(H,51,62)(H,52,56)/t31-,35-,36-,39-,44+,50-/m0/s1. The third kappa shape index (κ3) is 13.0. The van der Waals surface area contributed by atoms with Crippen LogP contribution in [-0.4, -0.2) is 110 Å². The minimum absolute atomic E-state index is 0.000404. The molecule has 16 nitrogen and oxygen atoms in total. The predicted molar refractivity (Wildman–Crippen MR) is 248 cm³/mol. The first kappa shape index (κ1) is 51.7. The number of rotatable bonds is 25. The van der Waals surface area contributed by atoms with E-state index in [1.54, 1.807) is 6.92 Å². The lowest BCUT2D eigenvalue weighted by Gasteiger charge is -2.42. The van der Waals surface area contributed by atoms with Crippen molar-refractivity contribution in [3.8, 4) is 23.0 Å². The zero-order chi connectivity index (χ0) is 47.8. The second-order valence-electron chi connectivity index (χ2n) is 17.5. The maximum absolute atomic E-state index is 13.0. The Labute approximate surface area is 385 Å². The molecule has 362 valence electrons. The number of benzene rings is 3. The van der Waals surface area contributed by atoms with Crippen molar-refractivity contribution in [2.75, 3.05) is 19.8 Å². The second kappa shape index (κ2) is 25.0. The van der Waals surface area contributed by atoms with E-state index in [1.807, 2.05) is 0 Å². The van der Waals surface area contributed by atoms with Crippen LogP contribution in [0.5, 0.6) is 23.0 Å². The first-order valence-electron chi connectivity index (χ1n) is 23.4. The molecule has 1 aliphatic heterocycles. The number of aliphatic hydroxyl groups is 3. The van der Waals surface area contributed by atoms with E-state index in [-0.39, 0.29) is 53.3 Å². The van der Waals surface area contributed by atoms with Crippen molar-refractivity contribution in [2.45, 2.75) is 159 Å². The number of aromatic hydroxyl groups is 4. The largest absolute Gasteiger partial charge is 0.507 e. The zero-order valence-electron chi connectivity index (χ0n) is 38.1. The number of hydrogen-bond donors (Lipinski definition) is 9.